The molecule has 20 heavy (non-hydrogen) atoms. The lowest BCUT2D eigenvalue weighted by Gasteiger charge is -2.21. The number of methoxy groups -OCH3 is 1. The van der Waals surface area contributed by atoms with Gasteiger partial charge in [0.2, 0.25) is 0 Å². The van der Waals surface area contributed by atoms with Crippen LogP contribution in [0.3, 0.4) is 0 Å². The van der Waals surface area contributed by atoms with Crippen molar-refractivity contribution in [1.82, 2.24) is 4.90 Å². The Morgan fingerprint density at radius 1 is 1.30 bits per heavy atom. The van der Waals surface area contributed by atoms with E-state index in [0.29, 0.717) is 18.6 Å². The van der Waals surface area contributed by atoms with Gasteiger partial charge in [-0.15, -0.1) is 0 Å². The average Bonchev–Trinajstić information content (AvgIpc) is 2.59. The van der Waals surface area contributed by atoms with E-state index >= 15 is 0 Å². The monoisotopic (exact) mass is 351 g/mol. The van der Waals surface area contributed by atoms with Crippen molar-refractivity contribution in [1.29, 1.82) is 0 Å². The third-order valence-corrected chi connectivity index (χ3v) is 3.95. The fourth-order valence-electron chi connectivity index (χ4n) is 2.37. The van der Waals surface area contributed by atoms with Crippen molar-refractivity contribution < 1.29 is 22.7 Å². The molecule has 2 rings (SSSR count). The average molecular weight is 352 g/mol. The summed E-state index contributed by atoms with van der Waals surface area (Å²) in [6.45, 7) is 0.105. The molecular weight excluding hydrogens is 339 g/mol. The molecule has 0 aliphatic carbocycles. The Kier molecular flexibility index (Phi) is 4.27. The second-order valence-electron chi connectivity index (χ2n) is 4.51. The van der Waals surface area contributed by atoms with Crippen LogP contribution in [0.5, 0.6) is 5.75 Å². The Morgan fingerprint density at radius 2 is 1.95 bits per heavy atom. The van der Waals surface area contributed by atoms with Crippen LogP contribution in [0.15, 0.2) is 16.6 Å². The lowest BCUT2D eigenvalue weighted by molar-refractivity contribution is -0.185. The first-order valence-corrected chi connectivity index (χ1v) is 6.84. The van der Waals surface area contributed by atoms with Crippen molar-refractivity contribution in [3.8, 4) is 5.75 Å². The molecule has 7 heteroatoms. The van der Waals surface area contributed by atoms with E-state index in [4.69, 9.17) is 4.74 Å². The van der Waals surface area contributed by atoms with Crippen LogP contribution in [0, 0.1) is 0 Å². The third kappa shape index (κ3) is 2.92. The standard InChI is InChI=1S/C13H13BrF3NO2/c1-20-11-9-5-7-18(12(19)13(15,16)17)6-4-8(9)2-3-10(11)14/h2-3H,4-7H2,1H3. The van der Waals surface area contributed by atoms with Gasteiger partial charge >= 0.3 is 12.1 Å². The van der Waals surface area contributed by atoms with Crippen LogP contribution in [-0.4, -0.2) is 37.2 Å². The molecule has 1 aromatic rings. The number of amides is 1. The molecule has 0 bridgehead atoms. The number of fused-ring (bicyclic) bond motifs is 1. The molecule has 0 spiro atoms. The van der Waals surface area contributed by atoms with Crippen molar-refractivity contribution in [2.24, 2.45) is 0 Å². The normalized spacial score (nSPS) is 15.6. The number of halogens is 4. The maximum absolute atomic E-state index is 12.5. The van der Waals surface area contributed by atoms with E-state index < -0.39 is 12.1 Å². The fourth-order valence-corrected chi connectivity index (χ4v) is 2.90. The van der Waals surface area contributed by atoms with Crippen LogP contribution in [0.4, 0.5) is 13.2 Å². The predicted molar refractivity (Wildman–Crippen MR) is 70.7 cm³/mol. The quantitative estimate of drug-likeness (QED) is 0.778. The first-order chi connectivity index (χ1) is 9.34. The largest absolute Gasteiger partial charge is 0.495 e. The summed E-state index contributed by atoms with van der Waals surface area (Å²) in [6, 6.07) is 3.66. The van der Waals surface area contributed by atoms with Gasteiger partial charge in [-0.1, -0.05) is 6.07 Å². The zero-order chi connectivity index (χ0) is 14.9. The molecule has 1 amide bonds. The summed E-state index contributed by atoms with van der Waals surface area (Å²) in [5, 5.41) is 0. The minimum atomic E-state index is -4.82. The van der Waals surface area contributed by atoms with Gasteiger partial charge in [0.15, 0.2) is 0 Å². The summed E-state index contributed by atoms with van der Waals surface area (Å²) < 4.78 is 43.5. The van der Waals surface area contributed by atoms with Gasteiger partial charge in [0, 0.05) is 18.7 Å². The first kappa shape index (κ1) is 15.2. The van der Waals surface area contributed by atoms with Crippen LogP contribution in [-0.2, 0) is 17.6 Å². The van der Waals surface area contributed by atoms with Gasteiger partial charge in [-0.2, -0.15) is 13.2 Å². The molecule has 3 nitrogen and oxygen atoms in total. The Labute approximate surface area is 122 Å². The third-order valence-electron chi connectivity index (χ3n) is 3.33. The van der Waals surface area contributed by atoms with Crippen LogP contribution < -0.4 is 4.74 Å². The highest BCUT2D eigenvalue weighted by Crippen LogP contribution is 2.34. The maximum Gasteiger partial charge on any atom is 0.471 e. The molecule has 0 fully saturated rings. The number of alkyl halides is 3. The highest BCUT2D eigenvalue weighted by molar-refractivity contribution is 9.10. The second-order valence-corrected chi connectivity index (χ2v) is 5.36. The molecular formula is C13H13BrF3NO2. The van der Waals surface area contributed by atoms with Crippen molar-refractivity contribution in [2.75, 3.05) is 20.2 Å². The smallest absolute Gasteiger partial charge is 0.471 e. The SMILES string of the molecule is COc1c(Br)ccc2c1CCN(C(=O)C(F)(F)F)CC2. The summed E-state index contributed by atoms with van der Waals surface area (Å²) in [5.74, 6) is -1.15. The molecule has 1 aromatic carbocycles. The Bertz CT molecular complexity index is 531. The van der Waals surface area contributed by atoms with Crippen LogP contribution in [0.25, 0.3) is 0 Å². The number of carbonyl (C=O) groups is 1. The van der Waals surface area contributed by atoms with Gasteiger partial charge in [-0.25, -0.2) is 0 Å². The molecule has 0 N–H and O–H groups in total. The lowest BCUT2D eigenvalue weighted by Crippen LogP contribution is -2.42. The van der Waals surface area contributed by atoms with E-state index in [2.05, 4.69) is 15.9 Å². The first-order valence-electron chi connectivity index (χ1n) is 6.05. The second kappa shape index (κ2) is 5.63. The van der Waals surface area contributed by atoms with Gasteiger partial charge in [0.05, 0.1) is 11.6 Å². The topological polar surface area (TPSA) is 29.5 Å². The van der Waals surface area contributed by atoms with E-state index in [0.717, 1.165) is 20.5 Å². The minimum absolute atomic E-state index is 0.0398. The molecule has 1 heterocycles. The molecule has 0 aromatic heterocycles. The van der Waals surface area contributed by atoms with Crippen LogP contribution >= 0.6 is 15.9 Å². The van der Waals surface area contributed by atoms with E-state index in [9.17, 15) is 18.0 Å². The molecule has 0 unspecified atom stereocenters. The van der Waals surface area contributed by atoms with E-state index in [1.807, 2.05) is 6.07 Å². The summed E-state index contributed by atoms with van der Waals surface area (Å²) in [6.07, 6.45) is -4.08. The van der Waals surface area contributed by atoms with E-state index in [1.54, 1.807) is 6.07 Å². The summed E-state index contributed by atoms with van der Waals surface area (Å²) in [5.41, 5.74) is 1.78. The Morgan fingerprint density at radius 3 is 2.55 bits per heavy atom. The van der Waals surface area contributed by atoms with Crippen LogP contribution in [0.1, 0.15) is 11.1 Å². The van der Waals surface area contributed by atoms with Crippen molar-refractivity contribution in [3.05, 3.63) is 27.7 Å². The summed E-state index contributed by atoms with van der Waals surface area (Å²) in [4.78, 5) is 12.2. The zero-order valence-corrected chi connectivity index (χ0v) is 12.3. The van der Waals surface area contributed by atoms with Crippen molar-refractivity contribution in [3.63, 3.8) is 0 Å². The molecule has 1 aliphatic heterocycles. The number of nitrogens with zero attached hydrogens (tertiary/aromatic N) is 1. The van der Waals surface area contributed by atoms with Gasteiger partial charge < -0.3 is 9.64 Å². The Balaban J connectivity index is 2.25. The Hall–Kier alpha value is -1.24. The number of ether oxygens (including phenoxy) is 1. The van der Waals surface area contributed by atoms with Gasteiger partial charge in [0.25, 0.3) is 0 Å². The number of hydrogen-bond donors (Lipinski definition) is 0. The molecule has 0 saturated carbocycles. The van der Waals surface area contributed by atoms with Crippen molar-refractivity contribution in [2.45, 2.75) is 19.0 Å². The number of carbonyl (C=O) groups excluding carboxylic acids is 1. The molecule has 1 aliphatic rings. The van der Waals surface area contributed by atoms with Gasteiger partial charge in [-0.3, -0.25) is 4.79 Å². The molecule has 0 saturated heterocycles. The summed E-state index contributed by atoms with van der Waals surface area (Å²) in [7, 11) is 1.52. The molecule has 0 radical (unpaired) electrons. The summed E-state index contributed by atoms with van der Waals surface area (Å²) >= 11 is 3.35. The van der Waals surface area contributed by atoms with E-state index in [-0.39, 0.29) is 13.1 Å². The number of rotatable bonds is 1. The number of hydrogen-bond acceptors (Lipinski definition) is 2. The van der Waals surface area contributed by atoms with Crippen molar-refractivity contribution >= 4 is 21.8 Å². The van der Waals surface area contributed by atoms with Gasteiger partial charge in [-0.05, 0) is 40.4 Å². The predicted octanol–water partition coefficient (Wildman–Crippen LogP) is 2.95. The minimum Gasteiger partial charge on any atom is -0.495 e. The number of benzene rings is 1. The highest BCUT2D eigenvalue weighted by Gasteiger charge is 2.42. The maximum atomic E-state index is 12.5. The van der Waals surface area contributed by atoms with Gasteiger partial charge in [0.1, 0.15) is 5.75 Å². The fraction of sp³-hybridized carbons (Fsp3) is 0.462. The molecule has 0 atom stereocenters. The van der Waals surface area contributed by atoms with Crippen LogP contribution in [0.2, 0.25) is 0 Å². The highest BCUT2D eigenvalue weighted by atomic mass is 79.9. The zero-order valence-electron chi connectivity index (χ0n) is 10.8. The van der Waals surface area contributed by atoms with E-state index in [1.165, 1.54) is 7.11 Å². The molecule has 110 valence electrons. The lowest BCUT2D eigenvalue weighted by atomic mass is 10.0.